The zero-order valence-corrected chi connectivity index (χ0v) is 12.7. The topological polar surface area (TPSA) is 35.0 Å². The van der Waals surface area contributed by atoms with Crippen molar-refractivity contribution >= 4 is 15.9 Å². The summed E-state index contributed by atoms with van der Waals surface area (Å²) in [4.78, 5) is 8.94. The van der Waals surface area contributed by atoms with E-state index < -0.39 is 0 Å². The van der Waals surface area contributed by atoms with Gasteiger partial charge >= 0.3 is 0 Å². The van der Waals surface area contributed by atoms with Gasteiger partial charge in [-0.3, -0.25) is 0 Å². The summed E-state index contributed by atoms with van der Waals surface area (Å²) in [5.74, 6) is 2.93. The highest BCUT2D eigenvalue weighted by molar-refractivity contribution is 9.10. The molecule has 0 radical (unpaired) electrons. The SMILES string of the molecule is Brc1cc(Oc2ccc3c(c2)CCC3)nc(C2CC2)n1. The van der Waals surface area contributed by atoms with Crippen molar-refractivity contribution < 1.29 is 4.74 Å². The number of aromatic nitrogens is 2. The van der Waals surface area contributed by atoms with Crippen molar-refractivity contribution in [2.75, 3.05) is 0 Å². The van der Waals surface area contributed by atoms with E-state index in [1.165, 1.54) is 36.8 Å². The summed E-state index contributed by atoms with van der Waals surface area (Å²) in [6.07, 6.45) is 5.99. The Balaban J connectivity index is 1.62. The number of ether oxygens (including phenoxy) is 1. The van der Waals surface area contributed by atoms with Gasteiger partial charge in [-0.15, -0.1) is 0 Å². The molecule has 1 aromatic heterocycles. The Labute approximate surface area is 126 Å². The Morgan fingerprint density at radius 1 is 1.05 bits per heavy atom. The van der Waals surface area contributed by atoms with Crippen molar-refractivity contribution in [3.05, 3.63) is 45.8 Å². The van der Waals surface area contributed by atoms with Crippen molar-refractivity contribution in [2.24, 2.45) is 0 Å². The Morgan fingerprint density at radius 3 is 2.75 bits per heavy atom. The molecule has 20 heavy (non-hydrogen) atoms. The van der Waals surface area contributed by atoms with Gasteiger partial charge in [0, 0.05) is 12.0 Å². The number of aryl methyl sites for hydroxylation is 2. The van der Waals surface area contributed by atoms with Crippen LogP contribution in [-0.4, -0.2) is 9.97 Å². The van der Waals surface area contributed by atoms with E-state index in [4.69, 9.17) is 4.74 Å². The number of hydrogen-bond donors (Lipinski definition) is 0. The van der Waals surface area contributed by atoms with Gasteiger partial charge in [-0.2, -0.15) is 4.98 Å². The molecular formula is C16H15BrN2O. The van der Waals surface area contributed by atoms with Crippen LogP contribution in [0, 0.1) is 0 Å². The number of fused-ring (bicyclic) bond motifs is 1. The van der Waals surface area contributed by atoms with Gasteiger partial charge in [0.25, 0.3) is 0 Å². The molecule has 102 valence electrons. The summed E-state index contributed by atoms with van der Waals surface area (Å²) in [7, 11) is 0. The third-order valence-corrected chi connectivity index (χ3v) is 4.33. The number of hydrogen-bond acceptors (Lipinski definition) is 3. The van der Waals surface area contributed by atoms with Gasteiger partial charge in [0.05, 0.1) is 0 Å². The minimum absolute atomic E-state index is 0.523. The predicted molar refractivity (Wildman–Crippen MR) is 80.2 cm³/mol. The summed E-state index contributed by atoms with van der Waals surface area (Å²) >= 11 is 3.44. The van der Waals surface area contributed by atoms with Gasteiger partial charge in [0.2, 0.25) is 5.88 Å². The molecule has 0 unspecified atom stereocenters. The van der Waals surface area contributed by atoms with Crippen LogP contribution in [0.4, 0.5) is 0 Å². The summed E-state index contributed by atoms with van der Waals surface area (Å²) in [5.41, 5.74) is 2.87. The maximum absolute atomic E-state index is 5.92. The molecule has 2 aliphatic rings. The van der Waals surface area contributed by atoms with Crippen molar-refractivity contribution in [2.45, 2.75) is 38.0 Å². The molecule has 0 spiro atoms. The minimum atomic E-state index is 0.523. The van der Waals surface area contributed by atoms with Gasteiger partial charge < -0.3 is 4.74 Å². The van der Waals surface area contributed by atoms with Crippen LogP contribution in [0.2, 0.25) is 0 Å². The zero-order chi connectivity index (χ0) is 13.5. The fourth-order valence-electron chi connectivity index (χ4n) is 2.72. The predicted octanol–water partition coefficient (Wildman–Crippen LogP) is 4.40. The van der Waals surface area contributed by atoms with Crippen LogP contribution in [0.25, 0.3) is 0 Å². The van der Waals surface area contributed by atoms with Crippen LogP contribution < -0.4 is 4.74 Å². The molecule has 3 nitrogen and oxygen atoms in total. The van der Waals surface area contributed by atoms with Gasteiger partial charge in [0.15, 0.2) is 0 Å². The third kappa shape index (κ3) is 2.44. The second-order valence-corrected chi connectivity index (χ2v) is 6.36. The van der Waals surface area contributed by atoms with Crippen LogP contribution in [0.1, 0.15) is 42.1 Å². The average Bonchev–Trinajstić information content (AvgIpc) is 3.17. The van der Waals surface area contributed by atoms with E-state index in [0.717, 1.165) is 22.6 Å². The van der Waals surface area contributed by atoms with E-state index in [1.54, 1.807) is 0 Å². The first-order chi connectivity index (χ1) is 9.78. The monoisotopic (exact) mass is 330 g/mol. The molecule has 4 heteroatoms. The van der Waals surface area contributed by atoms with Crippen LogP contribution >= 0.6 is 15.9 Å². The highest BCUT2D eigenvalue weighted by Gasteiger charge is 2.27. The Hall–Kier alpha value is -1.42. The summed E-state index contributed by atoms with van der Waals surface area (Å²) in [6, 6.07) is 8.20. The van der Waals surface area contributed by atoms with Crippen molar-refractivity contribution in [3.8, 4) is 11.6 Å². The van der Waals surface area contributed by atoms with Crippen molar-refractivity contribution in [3.63, 3.8) is 0 Å². The lowest BCUT2D eigenvalue weighted by atomic mass is 10.1. The highest BCUT2D eigenvalue weighted by Crippen LogP contribution is 2.39. The molecule has 0 bridgehead atoms. The molecule has 2 aromatic rings. The third-order valence-electron chi connectivity index (χ3n) is 3.92. The fraction of sp³-hybridized carbons (Fsp3) is 0.375. The molecule has 0 amide bonds. The van der Waals surface area contributed by atoms with Gasteiger partial charge in [-0.25, -0.2) is 4.98 Å². The number of halogens is 1. The second-order valence-electron chi connectivity index (χ2n) is 5.55. The van der Waals surface area contributed by atoms with Gasteiger partial charge in [-0.1, -0.05) is 6.07 Å². The molecule has 0 atom stereocenters. The van der Waals surface area contributed by atoms with E-state index >= 15 is 0 Å². The van der Waals surface area contributed by atoms with E-state index in [-0.39, 0.29) is 0 Å². The van der Waals surface area contributed by atoms with Crippen LogP contribution in [-0.2, 0) is 12.8 Å². The largest absolute Gasteiger partial charge is 0.439 e. The summed E-state index contributed by atoms with van der Waals surface area (Å²) < 4.78 is 6.72. The molecule has 1 saturated carbocycles. The van der Waals surface area contributed by atoms with E-state index in [1.807, 2.05) is 12.1 Å². The van der Waals surface area contributed by atoms with Crippen molar-refractivity contribution in [1.82, 2.24) is 9.97 Å². The molecule has 0 aliphatic heterocycles. The normalized spacial score (nSPS) is 17.1. The van der Waals surface area contributed by atoms with E-state index in [2.05, 4.69) is 38.0 Å². The molecule has 4 rings (SSSR count). The second kappa shape index (κ2) is 4.85. The first kappa shape index (κ1) is 12.3. The molecule has 0 N–H and O–H groups in total. The van der Waals surface area contributed by atoms with E-state index in [0.29, 0.717) is 11.8 Å². The lowest BCUT2D eigenvalue weighted by Crippen LogP contribution is -1.97. The van der Waals surface area contributed by atoms with Crippen LogP contribution in [0.15, 0.2) is 28.9 Å². The quantitative estimate of drug-likeness (QED) is 0.782. The molecule has 0 saturated heterocycles. The average molecular weight is 331 g/mol. The molecule has 2 aliphatic carbocycles. The van der Waals surface area contributed by atoms with Crippen LogP contribution in [0.3, 0.4) is 0 Å². The first-order valence-corrected chi connectivity index (χ1v) is 7.91. The fourth-order valence-corrected chi connectivity index (χ4v) is 3.10. The molecule has 1 fully saturated rings. The maximum atomic E-state index is 5.92. The molecule has 1 heterocycles. The maximum Gasteiger partial charge on any atom is 0.223 e. The number of nitrogens with zero attached hydrogens (tertiary/aromatic N) is 2. The van der Waals surface area contributed by atoms with Crippen molar-refractivity contribution in [1.29, 1.82) is 0 Å². The summed E-state index contributed by atoms with van der Waals surface area (Å²) in [5, 5.41) is 0. The Bertz CT molecular complexity index is 668. The van der Waals surface area contributed by atoms with Crippen LogP contribution in [0.5, 0.6) is 11.6 Å². The lowest BCUT2D eigenvalue weighted by Gasteiger charge is -2.08. The number of benzene rings is 1. The Morgan fingerprint density at radius 2 is 1.90 bits per heavy atom. The van der Waals surface area contributed by atoms with Gasteiger partial charge in [-0.05, 0) is 71.3 Å². The minimum Gasteiger partial charge on any atom is -0.439 e. The lowest BCUT2D eigenvalue weighted by molar-refractivity contribution is 0.457. The van der Waals surface area contributed by atoms with Gasteiger partial charge in [0.1, 0.15) is 16.2 Å². The Kier molecular flexibility index (Phi) is 2.99. The highest BCUT2D eigenvalue weighted by atomic mass is 79.9. The smallest absolute Gasteiger partial charge is 0.223 e. The summed E-state index contributed by atoms with van der Waals surface area (Å²) in [6.45, 7) is 0. The standard InChI is InChI=1S/C16H15BrN2O/c17-14-9-15(19-16(18-14)11-4-5-11)20-13-7-6-10-2-1-3-12(10)8-13/h6-9,11H,1-5H2. The number of rotatable bonds is 3. The molecule has 1 aromatic carbocycles. The first-order valence-electron chi connectivity index (χ1n) is 7.12. The zero-order valence-electron chi connectivity index (χ0n) is 11.1. The van der Waals surface area contributed by atoms with E-state index in [9.17, 15) is 0 Å². The molecular weight excluding hydrogens is 316 g/mol.